The molecule has 0 fully saturated rings. The van der Waals surface area contributed by atoms with Gasteiger partial charge in [0.15, 0.2) is 5.57 Å². The first kappa shape index (κ1) is 19.3. The van der Waals surface area contributed by atoms with Crippen LogP contribution in [0.25, 0.3) is 0 Å². The molecule has 0 aliphatic heterocycles. The summed E-state index contributed by atoms with van der Waals surface area (Å²) in [6.45, 7) is 9.98. The molecular weight excluding hydrogens is 258 g/mol. The van der Waals surface area contributed by atoms with Crippen molar-refractivity contribution in [3.05, 3.63) is 23.9 Å². The van der Waals surface area contributed by atoms with Crippen LogP contribution in [-0.2, 0) is 0 Å². The Morgan fingerprint density at radius 3 is 1.71 bits per heavy atom. The summed E-state index contributed by atoms with van der Waals surface area (Å²) in [6.07, 6.45) is 11.1. The molecule has 0 aromatic heterocycles. The van der Waals surface area contributed by atoms with Crippen LogP contribution < -0.4 is 0 Å². The Morgan fingerprint density at radius 2 is 1.38 bits per heavy atom. The Balaban J connectivity index is 4.76. The minimum Gasteiger partial charge on any atom is -0.370 e. The molecule has 3 heteroatoms. The second-order valence-corrected chi connectivity index (χ2v) is 5.30. The van der Waals surface area contributed by atoms with Crippen LogP contribution >= 0.6 is 0 Å². The minimum atomic E-state index is 0.177. The van der Waals surface area contributed by atoms with Crippen molar-refractivity contribution in [2.24, 2.45) is 0 Å². The van der Waals surface area contributed by atoms with E-state index in [0.717, 1.165) is 25.9 Å². The predicted molar refractivity (Wildman–Crippen MR) is 88.3 cm³/mol. The number of unbranched alkanes of at least 4 members (excludes halogenated alkanes) is 6. The van der Waals surface area contributed by atoms with E-state index in [0.29, 0.717) is 5.70 Å². The van der Waals surface area contributed by atoms with Crippen LogP contribution in [0.2, 0.25) is 0 Å². The summed E-state index contributed by atoms with van der Waals surface area (Å²) in [7, 11) is 0. The topological polar surface area (TPSA) is 50.8 Å². The molecule has 0 radical (unpaired) electrons. The van der Waals surface area contributed by atoms with E-state index in [4.69, 9.17) is 10.5 Å². The molecule has 0 aliphatic carbocycles. The minimum absolute atomic E-state index is 0.177. The van der Waals surface area contributed by atoms with Gasteiger partial charge in [-0.15, -0.1) is 0 Å². The van der Waals surface area contributed by atoms with Crippen LogP contribution in [0.3, 0.4) is 0 Å². The Hall–Kier alpha value is -1.74. The number of rotatable bonds is 12. The van der Waals surface area contributed by atoms with Crippen LogP contribution in [0.1, 0.15) is 65.2 Å². The molecular formula is C18H29N3. The molecule has 0 rings (SSSR count). The van der Waals surface area contributed by atoms with E-state index in [-0.39, 0.29) is 5.57 Å². The molecule has 116 valence electrons. The molecule has 0 unspecified atom stereocenters. The standard InChI is InChI=1S/C18H29N3/c1-4-7-9-11-13-21(14-12-10-8-5-2)18(6-3)17(15-19)16-20/h6H,3-5,7-14H2,1-2H3. The summed E-state index contributed by atoms with van der Waals surface area (Å²) < 4.78 is 0. The third-order valence-electron chi connectivity index (χ3n) is 3.58. The van der Waals surface area contributed by atoms with Crippen molar-refractivity contribution in [3.63, 3.8) is 0 Å². The van der Waals surface area contributed by atoms with Gasteiger partial charge in [0, 0.05) is 13.1 Å². The molecule has 21 heavy (non-hydrogen) atoms. The zero-order valence-corrected chi connectivity index (χ0v) is 13.7. The van der Waals surface area contributed by atoms with Gasteiger partial charge in [-0.25, -0.2) is 0 Å². The number of allylic oxidation sites excluding steroid dienone is 2. The van der Waals surface area contributed by atoms with E-state index in [2.05, 4.69) is 25.3 Å². The van der Waals surface area contributed by atoms with Crippen molar-refractivity contribution in [1.29, 1.82) is 10.5 Å². The average Bonchev–Trinajstić information content (AvgIpc) is 2.51. The van der Waals surface area contributed by atoms with Gasteiger partial charge in [-0.2, -0.15) is 10.5 Å². The van der Waals surface area contributed by atoms with Crippen molar-refractivity contribution in [2.75, 3.05) is 13.1 Å². The molecule has 0 spiro atoms. The van der Waals surface area contributed by atoms with Gasteiger partial charge in [0.2, 0.25) is 0 Å². The fraction of sp³-hybridized carbons (Fsp3) is 0.667. The van der Waals surface area contributed by atoms with Crippen molar-refractivity contribution >= 4 is 0 Å². The van der Waals surface area contributed by atoms with Crippen molar-refractivity contribution in [3.8, 4) is 12.1 Å². The van der Waals surface area contributed by atoms with Gasteiger partial charge in [0.05, 0.1) is 5.70 Å². The van der Waals surface area contributed by atoms with E-state index in [1.54, 1.807) is 6.08 Å². The molecule has 0 atom stereocenters. The fourth-order valence-electron chi connectivity index (χ4n) is 2.34. The second-order valence-electron chi connectivity index (χ2n) is 5.30. The highest BCUT2D eigenvalue weighted by atomic mass is 15.1. The monoisotopic (exact) mass is 287 g/mol. The summed E-state index contributed by atoms with van der Waals surface area (Å²) >= 11 is 0. The van der Waals surface area contributed by atoms with Crippen LogP contribution in [-0.4, -0.2) is 18.0 Å². The highest BCUT2D eigenvalue weighted by molar-refractivity contribution is 5.43. The first-order chi connectivity index (χ1) is 10.2. The molecule has 0 saturated carbocycles. The Bertz CT molecular complexity index is 368. The first-order valence-electron chi connectivity index (χ1n) is 8.16. The first-order valence-corrected chi connectivity index (χ1v) is 8.16. The van der Waals surface area contributed by atoms with E-state index < -0.39 is 0 Å². The molecule has 3 nitrogen and oxygen atoms in total. The number of nitriles is 2. The van der Waals surface area contributed by atoms with Gasteiger partial charge in [-0.05, 0) is 18.9 Å². The summed E-state index contributed by atoms with van der Waals surface area (Å²) in [5.41, 5.74) is 0.879. The van der Waals surface area contributed by atoms with Gasteiger partial charge >= 0.3 is 0 Å². The summed E-state index contributed by atoms with van der Waals surface area (Å²) in [4.78, 5) is 2.17. The van der Waals surface area contributed by atoms with Crippen LogP contribution in [0.4, 0.5) is 0 Å². The Kier molecular flexibility index (Phi) is 12.2. The zero-order valence-electron chi connectivity index (χ0n) is 13.7. The molecule has 0 saturated heterocycles. The molecule has 0 heterocycles. The van der Waals surface area contributed by atoms with Gasteiger partial charge in [-0.3, -0.25) is 0 Å². The SMILES string of the molecule is C=CC(=C(C#N)C#N)N(CCCCCC)CCCCCC. The maximum atomic E-state index is 9.09. The lowest BCUT2D eigenvalue weighted by Crippen LogP contribution is -2.25. The fourth-order valence-corrected chi connectivity index (χ4v) is 2.34. The average molecular weight is 287 g/mol. The maximum absolute atomic E-state index is 9.09. The van der Waals surface area contributed by atoms with E-state index in [9.17, 15) is 0 Å². The molecule has 0 N–H and O–H groups in total. The van der Waals surface area contributed by atoms with Crippen LogP contribution in [0.5, 0.6) is 0 Å². The molecule has 0 aromatic rings. The highest BCUT2D eigenvalue weighted by Crippen LogP contribution is 2.15. The number of nitrogens with zero attached hydrogens (tertiary/aromatic N) is 3. The largest absolute Gasteiger partial charge is 0.370 e. The third kappa shape index (κ3) is 8.20. The normalized spacial score (nSPS) is 9.52. The molecule has 0 amide bonds. The lowest BCUT2D eigenvalue weighted by molar-refractivity contribution is 0.332. The predicted octanol–water partition coefficient (Wildman–Crippen LogP) is 4.94. The van der Waals surface area contributed by atoms with Crippen molar-refractivity contribution in [2.45, 2.75) is 65.2 Å². The van der Waals surface area contributed by atoms with Crippen LogP contribution in [0.15, 0.2) is 23.9 Å². The summed E-state index contributed by atoms with van der Waals surface area (Å²) in [5, 5.41) is 18.2. The number of hydrogen-bond donors (Lipinski definition) is 0. The highest BCUT2D eigenvalue weighted by Gasteiger charge is 2.12. The van der Waals surface area contributed by atoms with E-state index in [1.165, 1.54) is 38.5 Å². The van der Waals surface area contributed by atoms with Gasteiger partial charge in [-0.1, -0.05) is 59.0 Å². The maximum Gasteiger partial charge on any atom is 0.152 e. The van der Waals surface area contributed by atoms with E-state index >= 15 is 0 Å². The van der Waals surface area contributed by atoms with Gasteiger partial charge < -0.3 is 4.90 Å². The molecule has 0 aromatic carbocycles. The third-order valence-corrected chi connectivity index (χ3v) is 3.58. The lowest BCUT2D eigenvalue weighted by atomic mass is 10.1. The van der Waals surface area contributed by atoms with Crippen molar-refractivity contribution in [1.82, 2.24) is 4.90 Å². The summed E-state index contributed by atoms with van der Waals surface area (Å²) in [5.74, 6) is 0. The lowest BCUT2D eigenvalue weighted by Gasteiger charge is -2.26. The van der Waals surface area contributed by atoms with Crippen LogP contribution in [0, 0.1) is 22.7 Å². The zero-order chi connectivity index (χ0) is 15.9. The summed E-state index contributed by atoms with van der Waals surface area (Å²) in [6, 6.07) is 3.98. The van der Waals surface area contributed by atoms with E-state index in [1.807, 2.05) is 12.1 Å². The molecule has 0 aliphatic rings. The number of hydrogen-bond acceptors (Lipinski definition) is 3. The van der Waals surface area contributed by atoms with Crippen molar-refractivity contribution < 1.29 is 0 Å². The Labute approximate surface area is 130 Å². The van der Waals surface area contributed by atoms with Gasteiger partial charge in [0.25, 0.3) is 0 Å². The second kappa shape index (κ2) is 13.3. The molecule has 0 bridgehead atoms. The quantitative estimate of drug-likeness (QED) is 0.290. The van der Waals surface area contributed by atoms with Gasteiger partial charge in [0.1, 0.15) is 12.1 Å². The smallest absolute Gasteiger partial charge is 0.152 e. The Morgan fingerprint density at radius 1 is 0.905 bits per heavy atom.